The summed E-state index contributed by atoms with van der Waals surface area (Å²) in [6.45, 7) is 0.327. The van der Waals surface area contributed by atoms with Gasteiger partial charge >= 0.3 is 12.1 Å². The van der Waals surface area contributed by atoms with E-state index < -0.39 is 18.2 Å². The SMILES string of the molecule is O=C(CC1CCCCC1NC(=O)OCC1c2ccccc2-c2ccccc21)NCC[C@H](O)C(=O)O. The van der Waals surface area contributed by atoms with Gasteiger partial charge in [0.1, 0.15) is 6.61 Å². The van der Waals surface area contributed by atoms with E-state index >= 15 is 0 Å². The smallest absolute Gasteiger partial charge is 0.407 e. The Kier molecular flexibility index (Phi) is 8.02. The van der Waals surface area contributed by atoms with Crippen LogP contribution < -0.4 is 10.6 Å². The fraction of sp³-hybridized carbons (Fsp3) is 0.444. The van der Waals surface area contributed by atoms with Gasteiger partial charge in [-0.25, -0.2) is 9.59 Å². The van der Waals surface area contributed by atoms with Crippen LogP contribution in [0.25, 0.3) is 11.1 Å². The van der Waals surface area contributed by atoms with Crippen LogP contribution in [0.15, 0.2) is 48.5 Å². The Hall–Kier alpha value is -3.39. The first-order valence-electron chi connectivity index (χ1n) is 12.2. The van der Waals surface area contributed by atoms with E-state index in [4.69, 9.17) is 9.84 Å². The molecular weight excluding hydrogens is 448 g/mol. The summed E-state index contributed by atoms with van der Waals surface area (Å²) in [5.74, 6) is -1.55. The van der Waals surface area contributed by atoms with Gasteiger partial charge in [-0.1, -0.05) is 61.4 Å². The monoisotopic (exact) mass is 480 g/mol. The predicted octanol–water partition coefficient (Wildman–Crippen LogP) is 3.43. The molecule has 0 spiro atoms. The van der Waals surface area contributed by atoms with E-state index in [1.165, 1.54) is 11.1 Å². The Labute approximate surface area is 204 Å². The molecule has 2 aromatic carbocycles. The molecule has 2 aliphatic carbocycles. The van der Waals surface area contributed by atoms with Gasteiger partial charge in [0.25, 0.3) is 0 Å². The fourth-order valence-electron chi connectivity index (χ4n) is 5.22. The number of aliphatic hydroxyl groups is 1. The number of amides is 2. The zero-order valence-corrected chi connectivity index (χ0v) is 19.6. The molecule has 2 amide bonds. The topological polar surface area (TPSA) is 125 Å². The van der Waals surface area contributed by atoms with Crippen molar-refractivity contribution in [3.8, 4) is 11.1 Å². The van der Waals surface area contributed by atoms with Crippen molar-refractivity contribution in [2.24, 2.45) is 5.92 Å². The molecule has 0 aliphatic heterocycles. The summed E-state index contributed by atoms with van der Waals surface area (Å²) >= 11 is 0. The van der Waals surface area contributed by atoms with Crippen LogP contribution in [0.3, 0.4) is 0 Å². The number of benzene rings is 2. The summed E-state index contributed by atoms with van der Waals surface area (Å²) in [6, 6.07) is 16.2. The first-order chi connectivity index (χ1) is 16.9. The highest BCUT2D eigenvalue weighted by atomic mass is 16.5. The van der Waals surface area contributed by atoms with Gasteiger partial charge in [-0.15, -0.1) is 0 Å². The first-order valence-corrected chi connectivity index (χ1v) is 12.2. The van der Waals surface area contributed by atoms with E-state index in [1.54, 1.807) is 0 Å². The zero-order chi connectivity index (χ0) is 24.8. The van der Waals surface area contributed by atoms with Crippen LogP contribution in [0, 0.1) is 5.92 Å². The van der Waals surface area contributed by atoms with Gasteiger partial charge in [-0.3, -0.25) is 4.79 Å². The van der Waals surface area contributed by atoms with Crippen molar-refractivity contribution in [3.63, 3.8) is 0 Å². The number of carbonyl (C=O) groups is 3. The molecule has 2 aliphatic rings. The van der Waals surface area contributed by atoms with Gasteiger partial charge in [0.15, 0.2) is 6.10 Å². The summed E-state index contributed by atoms with van der Waals surface area (Å²) in [5, 5.41) is 23.7. The molecule has 1 fully saturated rings. The molecule has 4 rings (SSSR count). The summed E-state index contributed by atoms with van der Waals surface area (Å²) in [5.41, 5.74) is 4.65. The lowest BCUT2D eigenvalue weighted by atomic mass is 9.82. The van der Waals surface area contributed by atoms with E-state index in [2.05, 4.69) is 34.9 Å². The Morgan fingerprint density at radius 3 is 2.26 bits per heavy atom. The fourth-order valence-corrected chi connectivity index (χ4v) is 5.22. The molecule has 2 unspecified atom stereocenters. The normalized spacial score (nSPS) is 19.8. The second-order valence-electron chi connectivity index (χ2n) is 9.32. The van der Waals surface area contributed by atoms with E-state index in [-0.39, 0.29) is 49.8 Å². The Morgan fingerprint density at radius 1 is 0.971 bits per heavy atom. The highest BCUT2D eigenvalue weighted by Crippen LogP contribution is 2.44. The van der Waals surface area contributed by atoms with Crippen molar-refractivity contribution in [2.75, 3.05) is 13.2 Å². The van der Waals surface area contributed by atoms with E-state index in [0.29, 0.717) is 0 Å². The molecule has 0 bridgehead atoms. The number of aliphatic hydroxyl groups excluding tert-OH is 1. The highest BCUT2D eigenvalue weighted by molar-refractivity contribution is 5.79. The number of carboxylic acid groups (broad SMARTS) is 1. The second-order valence-corrected chi connectivity index (χ2v) is 9.32. The van der Waals surface area contributed by atoms with Crippen LogP contribution >= 0.6 is 0 Å². The second kappa shape index (κ2) is 11.4. The van der Waals surface area contributed by atoms with Gasteiger partial charge < -0.3 is 25.6 Å². The van der Waals surface area contributed by atoms with Crippen LogP contribution in [0.4, 0.5) is 4.79 Å². The third-order valence-electron chi connectivity index (χ3n) is 7.03. The Bertz CT molecular complexity index is 1030. The number of hydrogen-bond donors (Lipinski definition) is 4. The van der Waals surface area contributed by atoms with Crippen molar-refractivity contribution in [3.05, 3.63) is 59.7 Å². The molecule has 0 aromatic heterocycles. The summed E-state index contributed by atoms with van der Waals surface area (Å²) in [6.07, 6.45) is 1.77. The molecule has 8 heteroatoms. The van der Waals surface area contributed by atoms with Crippen LogP contribution in [-0.4, -0.2) is 53.5 Å². The van der Waals surface area contributed by atoms with Gasteiger partial charge in [-0.05, 0) is 41.0 Å². The molecule has 186 valence electrons. The van der Waals surface area contributed by atoms with Crippen molar-refractivity contribution in [1.82, 2.24) is 10.6 Å². The minimum atomic E-state index is -1.49. The third kappa shape index (κ3) is 6.00. The van der Waals surface area contributed by atoms with Crippen molar-refractivity contribution < 1.29 is 29.3 Å². The number of fused-ring (bicyclic) bond motifs is 3. The van der Waals surface area contributed by atoms with Gasteiger partial charge in [-0.2, -0.15) is 0 Å². The number of ether oxygens (including phenoxy) is 1. The van der Waals surface area contributed by atoms with Crippen molar-refractivity contribution >= 4 is 18.0 Å². The van der Waals surface area contributed by atoms with Crippen molar-refractivity contribution in [2.45, 2.75) is 56.6 Å². The summed E-state index contributed by atoms with van der Waals surface area (Å²) < 4.78 is 5.68. The van der Waals surface area contributed by atoms with Crippen LogP contribution in [0.1, 0.15) is 55.6 Å². The molecule has 35 heavy (non-hydrogen) atoms. The number of carbonyl (C=O) groups excluding carboxylic acids is 2. The molecule has 0 radical (unpaired) electrons. The van der Waals surface area contributed by atoms with Gasteiger partial charge in [0.05, 0.1) is 0 Å². The molecule has 0 saturated heterocycles. The van der Waals surface area contributed by atoms with Crippen LogP contribution in [0.2, 0.25) is 0 Å². The lowest BCUT2D eigenvalue weighted by molar-refractivity contribution is -0.147. The summed E-state index contributed by atoms with van der Waals surface area (Å²) in [4.78, 5) is 35.7. The van der Waals surface area contributed by atoms with Crippen LogP contribution in [-0.2, 0) is 14.3 Å². The minimum Gasteiger partial charge on any atom is -0.479 e. The number of rotatable bonds is 9. The quantitative estimate of drug-likeness (QED) is 0.436. The van der Waals surface area contributed by atoms with Gasteiger partial charge in [0.2, 0.25) is 5.91 Å². The standard InChI is InChI=1S/C27H32N2O6/c30-24(26(32)33)13-14-28-25(31)15-17-7-1-6-12-23(17)29-27(34)35-16-22-20-10-4-2-8-18(20)19-9-3-5-11-21(19)22/h2-5,8-11,17,22-24,30H,1,6-7,12-16H2,(H,28,31)(H,29,34)(H,32,33)/t17?,23?,24-/m0/s1. The number of hydrogen-bond acceptors (Lipinski definition) is 5. The molecule has 0 heterocycles. The largest absolute Gasteiger partial charge is 0.479 e. The first kappa shape index (κ1) is 24.7. The maximum atomic E-state index is 12.7. The number of aliphatic carboxylic acids is 1. The maximum Gasteiger partial charge on any atom is 0.407 e. The Morgan fingerprint density at radius 2 is 1.60 bits per heavy atom. The molecule has 3 atom stereocenters. The summed E-state index contributed by atoms with van der Waals surface area (Å²) in [7, 11) is 0. The van der Waals surface area contributed by atoms with Crippen LogP contribution in [0.5, 0.6) is 0 Å². The van der Waals surface area contributed by atoms with Crippen molar-refractivity contribution in [1.29, 1.82) is 0 Å². The van der Waals surface area contributed by atoms with E-state index in [1.807, 2.05) is 24.3 Å². The van der Waals surface area contributed by atoms with E-state index in [9.17, 15) is 19.5 Å². The lowest BCUT2D eigenvalue weighted by Gasteiger charge is -2.31. The highest BCUT2D eigenvalue weighted by Gasteiger charge is 2.31. The molecule has 2 aromatic rings. The zero-order valence-electron chi connectivity index (χ0n) is 19.6. The maximum absolute atomic E-state index is 12.7. The molecule has 1 saturated carbocycles. The number of alkyl carbamates (subject to hydrolysis) is 1. The molecule has 8 nitrogen and oxygen atoms in total. The van der Waals surface area contributed by atoms with Gasteiger partial charge in [0, 0.05) is 31.3 Å². The Balaban J connectivity index is 1.29. The molecular formula is C27H32N2O6. The third-order valence-corrected chi connectivity index (χ3v) is 7.03. The average molecular weight is 481 g/mol. The lowest BCUT2D eigenvalue weighted by Crippen LogP contribution is -2.44. The van der Waals surface area contributed by atoms with E-state index in [0.717, 1.165) is 36.8 Å². The average Bonchev–Trinajstić information content (AvgIpc) is 3.17. The molecule has 4 N–H and O–H groups in total. The predicted molar refractivity (Wildman–Crippen MR) is 130 cm³/mol. The minimum absolute atomic E-state index is 0.0118. The number of carboxylic acids is 1. The number of nitrogens with one attached hydrogen (secondary N) is 2.